The average molecular weight is 322 g/mol. The van der Waals surface area contributed by atoms with Gasteiger partial charge in [-0.25, -0.2) is 0 Å². The lowest BCUT2D eigenvalue weighted by Gasteiger charge is -2.22. The molecule has 0 radical (unpaired) electrons. The molecule has 0 spiro atoms. The van der Waals surface area contributed by atoms with E-state index in [9.17, 15) is 0 Å². The molecule has 1 aromatic heterocycles. The van der Waals surface area contributed by atoms with Gasteiger partial charge in [0.1, 0.15) is 0 Å². The molecule has 0 bridgehead atoms. The Kier molecular flexibility index (Phi) is 3.20. The Balaban J connectivity index is 2.44. The maximum atomic E-state index is 5.75. The largest absolute Gasteiger partial charge is 0.376 e. The topological polar surface area (TPSA) is 60.2 Å². The van der Waals surface area contributed by atoms with Crippen LogP contribution in [0, 0.1) is 13.8 Å². The number of nitrogen functional groups attached to an aromatic ring is 1. The minimum absolute atomic E-state index is 0.572. The van der Waals surface area contributed by atoms with Crippen LogP contribution in [-0.2, 0) is 17.8 Å². The Bertz CT molecular complexity index is 670. The van der Waals surface area contributed by atoms with Gasteiger partial charge in [0, 0.05) is 21.8 Å². The number of aromatic nitrogens is 1. The van der Waals surface area contributed by atoms with Crippen molar-refractivity contribution in [1.29, 1.82) is 0 Å². The molecule has 2 aromatic rings. The van der Waals surface area contributed by atoms with E-state index in [0.29, 0.717) is 6.61 Å². The van der Waals surface area contributed by atoms with E-state index < -0.39 is 0 Å². The van der Waals surface area contributed by atoms with E-state index >= 15 is 0 Å². The number of nitrogens with one attached hydrogen (secondary N) is 1. The Morgan fingerprint density at radius 3 is 2.95 bits per heavy atom. The van der Waals surface area contributed by atoms with Crippen molar-refractivity contribution in [2.24, 2.45) is 5.84 Å². The van der Waals surface area contributed by atoms with Crippen molar-refractivity contribution in [3.63, 3.8) is 0 Å². The summed E-state index contributed by atoms with van der Waals surface area (Å²) in [5.74, 6) is 5.75. The SMILES string of the molecule is Cc1cc2nc3c(c(NN)c2c(C)c1Br)COCC3. The number of halogens is 1. The predicted octanol–water partition coefficient (Wildman–Crippen LogP) is 2.97. The fourth-order valence-corrected chi connectivity index (χ4v) is 3.03. The average Bonchev–Trinajstić information content (AvgIpc) is 2.42. The highest BCUT2D eigenvalue weighted by Crippen LogP contribution is 2.37. The van der Waals surface area contributed by atoms with E-state index in [1.165, 1.54) is 5.56 Å². The Hall–Kier alpha value is -1.17. The lowest BCUT2D eigenvalue weighted by molar-refractivity contribution is 0.110. The summed E-state index contributed by atoms with van der Waals surface area (Å²) in [6.45, 7) is 5.46. The van der Waals surface area contributed by atoms with E-state index in [4.69, 9.17) is 15.6 Å². The minimum Gasteiger partial charge on any atom is -0.376 e. The summed E-state index contributed by atoms with van der Waals surface area (Å²) in [6, 6.07) is 2.10. The molecule has 19 heavy (non-hydrogen) atoms. The predicted molar refractivity (Wildman–Crippen MR) is 80.1 cm³/mol. The molecule has 5 heteroatoms. The number of anilines is 1. The summed E-state index contributed by atoms with van der Waals surface area (Å²) >= 11 is 3.63. The zero-order valence-corrected chi connectivity index (χ0v) is 12.6. The van der Waals surface area contributed by atoms with Gasteiger partial charge in [0.05, 0.1) is 30.1 Å². The van der Waals surface area contributed by atoms with Crippen molar-refractivity contribution in [2.45, 2.75) is 26.9 Å². The van der Waals surface area contributed by atoms with Crippen LogP contribution in [0.1, 0.15) is 22.4 Å². The molecule has 4 nitrogen and oxygen atoms in total. The molecule has 0 amide bonds. The number of hydrogen-bond donors (Lipinski definition) is 2. The number of nitrogens with zero attached hydrogens (tertiary/aromatic N) is 1. The molecule has 0 saturated heterocycles. The molecule has 0 unspecified atom stereocenters. The molecule has 0 aliphatic carbocycles. The van der Waals surface area contributed by atoms with Crippen molar-refractivity contribution < 1.29 is 4.74 Å². The Morgan fingerprint density at radius 1 is 1.42 bits per heavy atom. The molecule has 100 valence electrons. The highest BCUT2D eigenvalue weighted by molar-refractivity contribution is 9.10. The number of ether oxygens (including phenoxy) is 1. The van der Waals surface area contributed by atoms with Gasteiger partial charge in [-0.3, -0.25) is 10.8 Å². The molecule has 0 atom stereocenters. The van der Waals surface area contributed by atoms with Gasteiger partial charge in [0.15, 0.2) is 0 Å². The van der Waals surface area contributed by atoms with Crippen LogP contribution in [0.3, 0.4) is 0 Å². The maximum Gasteiger partial charge on any atom is 0.0755 e. The zero-order valence-electron chi connectivity index (χ0n) is 11.0. The van der Waals surface area contributed by atoms with E-state index in [0.717, 1.165) is 50.9 Å². The summed E-state index contributed by atoms with van der Waals surface area (Å²) in [7, 11) is 0. The van der Waals surface area contributed by atoms with Gasteiger partial charge in [-0.05, 0) is 31.0 Å². The lowest BCUT2D eigenvalue weighted by atomic mass is 9.98. The standard InChI is InChI=1S/C14H16BrN3O/c1-7-5-11-12(8(2)13(7)15)14(18-16)9-6-19-4-3-10(9)17-11/h5H,3-4,6,16H2,1-2H3,(H,17,18). The molecule has 1 aliphatic heterocycles. The number of hydrogen-bond acceptors (Lipinski definition) is 4. The van der Waals surface area contributed by atoms with Crippen molar-refractivity contribution in [1.82, 2.24) is 4.98 Å². The van der Waals surface area contributed by atoms with E-state index in [1.54, 1.807) is 0 Å². The normalized spacial score (nSPS) is 14.5. The van der Waals surface area contributed by atoms with Gasteiger partial charge < -0.3 is 10.2 Å². The van der Waals surface area contributed by atoms with Gasteiger partial charge in [-0.15, -0.1) is 0 Å². The summed E-state index contributed by atoms with van der Waals surface area (Å²) in [5, 5.41) is 1.07. The highest BCUT2D eigenvalue weighted by Gasteiger charge is 2.20. The molecular weight excluding hydrogens is 306 g/mol. The van der Waals surface area contributed by atoms with Crippen LogP contribution in [0.25, 0.3) is 10.9 Å². The first-order valence-electron chi connectivity index (χ1n) is 6.29. The Morgan fingerprint density at radius 2 is 2.21 bits per heavy atom. The maximum absolute atomic E-state index is 5.75. The van der Waals surface area contributed by atoms with E-state index in [-0.39, 0.29) is 0 Å². The number of fused-ring (bicyclic) bond motifs is 2. The first kappa shape index (κ1) is 12.8. The van der Waals surface area contributed by atoms with Crippen LogP contribution in [0.2, 0.25) is 0 Å². The molecule has 0 fully saturated rings. The number of pyridine rings is 1. The summed E-state index contributed by atoms with van der Waals surface area (Å²) in [6.07, 6.45) is 0.841. The quantitative estimate of drug-likeness (QED) is 0.626. The second-order valence-corrected chi connectivity index (χ2v) is 5.68. The molecule has 1 aliphatic rings. The minimum atomic E-state index is 0.572. The number of nitrogens with two attached hydrogens (primary N) is 1. The second-order valence-electron chi connectivity index (χ2n) is 4.89. The van der Waals surface area contributed by atoms with Crippen LogP contribution in [0.5, 0.6) is 0 Å². The van der Waals surface area contributed by atoms with Gasteiger partial charge in [0.25, 0.3) is 0 Å². The number of rotatable bonds is 1. The second kappa shape index (κ2) is 4.74. The van der Waals surface area contributed by atoms with Crippen LogP contribution in [-0.4, -0.2) is 11.6 Å². The van der Waals surface area contributed by atoms with Gasteiger partial charge >= 0.3 is 0 Å². The fourth-order valence-electron chi connectivity index (χ4n) is 2.71. The van der Waals surface area contributed by atoms with Gasteiger partial charge in [-0.1, -0.05) is 15.9 Å². The van der Waals surface area contributed by atoms with Crippen LogP contribution in [0.4, 0.5) is 5.69 Å². The highest BCUT2D eigenvalue weighted by atomic mass is 79.9. The molecule has 3 N–H and O–H groups in total. The lowest BCUT2D eigenvalue weighted by Crippen LogP contribution is -2.18. The summed E-state index contributed by atoms with van der Waals surface area (Å²) in [4.78, 5) is 4.79. The zero-order chi connectivity index (χ0) is 13.6. The first-order valence-corrected chi connectivity index (χ1v) is 7.08. The van der Waals surface area contributed by atoms with Crippen LogP contribution < -0.4 is 11.3 Å². The van der Waals surface area contributed by atoms with Gasteiger partial charge in [0.2, 0.25) is 0 Å². The fraction of sp³-hybridized carbons (Fsp3) is 0.357. The third-order valence-electron chi connectivity index (χ3n) is 3.69. The summed E-state index contributed by atoms with van der Waals surface area (Å²) in [5.41, 5.74) is 9.30. The first-order chi connectivity index (χ1) is 9.13. The van der Waals surface area contributed by atoms with E-state index in [1.807, 2.05) is 0 Å². The third-order valence-corrected chi connectivity index (χ3v) is 4.91. The van der Waals surface area contributed by atoms with Crippen molar-refractivity contribution in [3.8, 4) is 0 Å². The molecule has 1 aromatic carbocycles. The van der Waals surface area contributed by atoms with Gasteiger partial charge in [-0.2, -0.15) is 0 Å². The van der Waals surface area contributed by atoms with Crippen molar-refractivity contribution in [2.75, 3.05) is 12.0 Å². The molecule has 2 heterocycles. The van der Waals surface area contributed by atoms with E-state index in [2.05, 4.69) is 41.3 Å². The van der Waals surface area contributed by atoms with Crippen LogP contribution >= 0.6 is 15.9 Å². The third kappa shape index (κ3) is 1.93. The summed E-state index contributed by atoms with van der Waals surface area (Å²) < 4.78 is 6.64. The molecule has 0 saturated carbocycles. The molecular formula is C14H16BrN3O. The van der Waals surface area contributed by atoms with Crippen molar-refractivity contribution >= 4 is 32.5 Å². The Labute approximate surface area is 120 Å². The number of hydrazine groups is 1. The number of aryl methyl sites for hydroxylation is 2. The monoisotopic (exact) mass is 321 g/mol. The van der Waals surface area contributed by atoms with Crippen molar-refractivity contribution in [3.05, 3.63) is 32.9 Å². The number of benzene rings is 1. The van der Waals surface area contributed by atoms with Crippen LogP contribution in [0.15, 0.2) is 10.5 Å². The molecule has 3 rings (SSSR count). The smallest absolute Gasteiger partial charge is 0.0755 e.